The Hall–Kier alpha value is -3.05. The Morgan fingerprint density at radius 3 is 2.93 bits per heavy atom. The molecule has 4 heterocycles. The summed E-state index contributed by atoms with van der Waals surface area (Å²) in [6.07, 6.45) is 1.76. The molecule has 0 bridgehead atoms. The van der Waals surface area contributed by atoms with Crippen molar-refractivity contribution in [3.63, 3.8) is 0 Å². The zero-order valence-electron chi connectivity index (χ0n) is 16.5. The zero-order chi connectivity index (χ0) is 20.8. The number of nitrogens with one attached hydrogen (secondary N) is 3. The van der Waals surface area contributed by atoms with Crippen molar-refractivity contribution in [1.82, 2.24) is 40.0 Å². The molecule has 1 atom stereocenters. The topological polar surface area (TPSA) is 114 Å². The minimum Gasteiger partial charge on any atom is -0.353 e. The first-order valence-corrected chi connectivity index (χ1v) is 10.4. The van der Waals surface area contributed by atoms with Gasteiger partial charge in [0.1, 0.15) is 6.04 Å². The van der Waals surface area contributed by atoms with Crippen LogP contribution >= 0.6 is 15.9 Å². The third-order valence-electron chi connectivity index (χ3n) is 5.30. The van der Waals surface area contributed by atoms with E-state index < -0.39 is 6.04 Å². The van der Waals surface area contributed by atoms with Crippen LogP contribution in [-0.2, 0) is 11.8 Å². The van der Waals surface area contributed by atoms with Crippen LogP contribution in [0.15, 0.2) is 28.9 Å². The van der Waals surface area contributed by atoms with Gasteiger partial charge in [0.2, 0.25) is 11.9 Å². The summed E-state index contributed by atoms with van der Waals surface area (Å²) in [5.74, 6) is 0.931. The first kappa shape index (κ1) is 18.9. The molecule has 0 spiro atoms. The van der Waals surface area contributed by atoms with Gasteiger partial charge in [0.05, 0.1) is 17.3 Å². The van der Waals surface area contributed by atoms with Crippen LogP contribution in [0.4, 0.5) is 5.95 Å². The van der Waals surface area contributed by atoms with Gasteiger partial charge in [-0.05, 0) is 35.0 Å². The Labute approximate surface area is 180 Å². The summed E-state index contributed by atoms with van der Waals surface area (Å²) in [5, 5.41) is 19.3. The number of nitrogens with zero attached hydrogens (tertiary/aromatic N) is 6. The van der Waals surface area contributed by atoms with E-state index in [9.17, 15) is 4.79 Å². The van der Waals surface area contributed by atoms with E-state index in [1.807, 2.05) is 32.2 Å². The first-order valence-electron chi connectivity index (χ1n) is 9.62. The van der Waals surface area contributed by atoms with Crippen LogP contribution in [0.25, 0.3) is 27.9 Å². The molecule has 1 fully saturated rings. The Morgan fingerprint density at radius 2 is 2.13 bits per heavy atom. The molecular formula is C19H20BrN9O. The summed E-state index contributed by atoms with van der Waals surface area (Å²) >= 11 is 3.58. The molecule has 10 nitrogen and oxygen atoms in total. The van der Waals surface area contributed by atoms with Gasteiger partial charge in [-0.15, -0.1) is 5.10 Å². The van der Waals surface area contributed by atoms with Crippen LogP contribution in [0.5, 0.6) is 0 Å². The second kappa shape index (κ2) is 7.33. The lowest BCUT2D eigenvalue weighted by Gasteiger charge is -2.17. The highest BCUT2D eigenvalue weighted by atomic mass is 79.9. The minimum absolute atomic E-state index is 0.0781. The monoisotopic (exact) mass is 469 g/mol. The van der Waals surface area contributed by atoms with Crippen molar-refractivity contribution in [2.75, 3.05) is 25.0 Å². The number of fused-ring (bicyclic) bond motifs is 3. The lowest BCUT2D eigenvalue weighted by atomic mass is 10.2. The molecule has 1 aromatic carbocycles. The van der Waals surface area contributed by atoms with Gasteiger partial charge in [0, 0.05) is 42.2 Å². The SMILES string of the molecule is Cc1c(-c2nc3c4cccc(Br)c4nc(N[C@@H]4CNCCNC4=O)n3n2)cnn1C. The standard InChI is InChI=1S/C19H20BrN9O/c1-10-12(8-23-28(10)2)16-26-17-11-4-3-5-13(20)15(11)25-19(29(17)27-16)24-14-9-21-6-7-22-18(14)30/h3-5,8,14,21H,6-7,9H2,1-2H3,(H,22,30)(H,24,25)/t14-/m1/s1. The van der Waals surface area contributed by atoms with Gasteiger partial charge >= 0.3 is 0 Å². The van der Waals surface area contributed by atoms with Crippen molar-refractivity contribution in [2.24, 2.45) is 7.05 Å². The fourth-order valence-corrected chi connectivity index (χ4v) is 3.99. The van der Waals surface area contributed by atoms with Gasteiger partial charge in [-0.3, -0.25) is 9.48 Å². The first-order chi connectivity index (χ1) is 14.5. The number of benzene rings is 1. The third-order valence-corrected chi connectivity index (χ3v) is 5.94. The van der Waals surface area contributed by atoms with E-state index in [1.165, 1.54) is 0 Å². The second-order valence-electron chi connectivity index (χ2n) is 7.20. The molecule has 0 unspecified atom stereocenters. The molecule has 0 radical (unpaired) electrons. The molecule has 11 heteroatoms. The molecule has 1 saturated heterocycles. The maximum Gasteiger partial charge on any atom is 0.243 e. The molecule has 0 aliphatic carbocycles. The molecule has 3 aromatic heterocycles. The zero-order valence-corrected chi connectivity index (χ0v) is 18.1. The lowest BCUT2D eigenvalue weighted by molar-refractivity contribution is -0.121. The summed E-state index contributed by atoms with van der Waals surface area (Å²) in [6, 6.07) is 5.35. The molecule has 154 valence electrons. The van der Waals surface area contributed by atoms with Crippen molar-refractivity contribution >= 4 is 44.3 Å². The van der Waals surface area contributed by atoms with Crippen molar-refractivity contribution < 1.29 is 4.79 Å². The Kier molecular flexibility index (Phi) is 4.63. The number of carbonyl (C=O) groups excluding carboxylic acids is 1. The van der Waals surface area contributed by atoms with Crippen LogP contribution in [0, 0.1) is 6.92 Å². The maximum absolute atomic E-state index is 12.5. The van der Waals surface area contributed by atoms with E-state index in [1.54, 1.807) is 15.4 Å². The fraction of sp³-hybridized carbons (Fsp3) is 0.316. The van der Waals surface area contributed by atoms with E-state index in [2.05, 4.69) is 37.0 Å². The maximum atomic E-state index is 12.5. The molecule has 1 aliphatic heterocycles. The Balaban J connectivity index is 1.71. The predicted molar refractivity (Wildman–Crippen MR) is 116 cm³/mol. The lowest BCUT2D eigenvalue weighted by Crippen LogP contribution is -2.42. The van der Waals surface area contributed by atoms with E-state index in [0.29, 0.717) is 30.5 Å². The summed E-state index contributed by atoms with van der Waals surface area (Å²) < 4.78 is 4.29. The molecule has 3 N–H and O–H groups in total. The minimum atomic E-state index is -0.476. The predicted octanol–water partition coefficient (Wildman–Crippen LogP) is 1.25. The van der Waals surface area contributed by atoms with Gasteiger partial charge in [-0.2, -0.15) is 9.61 Å². The number of carbonyl (C=O) groups is 1. The van der Waals surface area contributed by atoms with E-state index in [0.717, 1.165) is 33.2 Å². The molecule has 4 aromatic rings. The van der Waals surface area contributed by atoms with Gasteiger partial charge in [-0.25, -0.2) is 9.97 Å². The van der Waals surface area contributed by atoms with Crippen LogP contribution in [-0.4, -0.2) is 60.9 Å². The number of hydrogen-bond acceptors (Lipinski definition) is 7. The highest BCUT2D eigenvalue weighted by Crippen LogP contribution is 2.29. The van der Waals surface area contributed by atoms with Crippen molar-refractivity contribution in [3.8, 4) is 11.4 Å². The quantitative estimate of drug-likeness (QED) is 0.413. The van der Waals surface area contributed by atoms with E-state index in [-0.39, 0.29) is 5.91 Å². The average Bonchev–Trinajstić information content (AvgIpc) is 3.25. The largest absolute Gasteiger partial charge is 0.353 e. The second-order valence-corrected chi connectivity index (χ2v) is 8.06. The normalized spacial score (nSPS) is 17.3. The number of hydrogen-bond donors (Lipinski definition) is 3. The van der Waals surface area contributed by atoms with Crippen LogP contribution in [0.3, 0.4) is 0 Å². The van der Waals surface area contributed by atoms with Crippen LogP contribution in [0.1, 0.15) is 5.69 Å². The van der Waals surface area contributed by atoms with Crippen molar-refractivity contribution in [3.05, 3.63) is 34.6 Å². The molecule has 1 aliphatic rings. The Morgan fingerprint density at radius 1 is 1.27 bits per heavy atom. The number of anilines is 1. The van der Waals surface area contributed by atoms with Gasteiger partial charge in [0.25, 0.3) is 0 Å². The number of rotatable bonds is 3. The third kappa shape index (κ3) is 3.10. The smallest absolute Gasteiger partial charge is 0.243 e. The summed E-state index contributed by atoms with van der Waals surface area (Å²) in [6.45, 7) is 3.79. The summed E-state index contributed by atoms with van der Waals surface area (Å²) in [4.78, 5) is 22.0. The van der Waals surface area contributed by atoms with Crippen LogP contribution < -0.4 is 16.0 Å². The van der Waals surface area contributed by atoms with Gasteiger partial charge in [0.15, 0.2) is 11.5 Å². The fourth-order valence-electron chi connectivity index (χ4n) is 3.53. The molecule has 0 saturated carbocycles. The highest BCUT2D eigenvalue weighted by Gasteiger charge is 2.24. The molecule has 5 rings (SSSR count). The van der Waals surface area contributed by atoms with Gasteiger partial charge in [-0.1, -0.05) is 6.07 Å². The number of amides is 1. The van der Waals surface area contributed by atoms with E-state index >= 15 is 0 Å². The molecule has 30 heavy (non-hydrogen) atoms. The van der Waals surface area contributed by atoms with Gasteiger partial charge < -0.3 is 16.0 Å². The number of aryl methyl sites for hydroxylation is 1. The Bertz CT molecular complexity index is 1280. The number of halogens is 1. The van der Waals surface area contributed by atoms with E-state index in [4.69, 9.17) is 15.1 Å². The molecular weight excluding hydrogens is 450 g/mol. The number of para-hydroxylation sites is 1. The number of aromatic nitrogens is 6. The highest BCUT2D eigenvalue weighted by molar-refractivity contribution is 9.10. The summed E-state index contributed by atoms with van der Waals surface area (Å²) in [5.41, 5.74) is 3.22. The summed E-state index contributed by atoms with van der Waals surface area (Å²) in [7, 11) is 1.88. The van der Waals surface area contributed by atoms with Crippen LogP contribution in [0.2, 0.25) is 0 Å². The van der Waals surface area contributed by atoms with Crippen molar-refractivity contribution in [1.29, 1.82) is 0 Å². The molecule has 1 amide bonds. The average molecular weight is 470 g/mol. The van der Waals surface area contributed by atoms with Crippen molar-refractivity contribution in [2.45, 2.75) is 13.0 Å².